The van der Waals surface area contributed by atoms with Crippen LogP contribution in [0, 0.1) is 0 Å². The molecular formula is C9H18N2S. The van der Waals surface area contributed by atoms with E-state index in [1.165, 1.54) is 32.1 Å². The van der Waals surface area contributed by atoms with Crippen molar-refractivity contribution in [3.05, 3.63) is 0 Å². The molecule has 12 heavy (non-hydrogen) atoms. The van der Waals surface area contributed by atoms with Crippen molar-refractivity contribution in [2.24, 2.45) is 0 Å². The molecule has 1 rings (SSSR count). The molecule has 1 unspecified atom stereocenters. The fourth-order valence-corrected chi connectivity index (χ4v) is 1.75. The SMILES string of the molecule is CCCCCCC1CNC(=S)N1. The molecule has 0 spiro atoms. The zero-order chi connectivity index (χ0) is 8.81. The first-order valence-electron chi connectivity index (χ1n) is 4.87. The standard InChI is InChI=1S/C9H18N2S/c1-2-3-4-5-6-8-7-10-9(12)11-8/h8H,2-7H2,1H3,(H2,10,11,12). The van der Waals surface area contributed by atoms with Crippen molar-refractivity contribution in [1.82, 2.24) is 10.6 Å². The second kappa shape index (κ2) is 5.36. The van der Waals surface area contributed by atoms with E-state index in [2.05, 4.69) is 17.6 Å². The van der Waals surface area contributed by atoms with Gasteiger partial charge < -0.3 is 10.6 Å². The van der Waals surface area contributed by atoms with E-state index >= 15 is 0 Å². The van der Waals surface area contributed by atoms with Crippen molar-refractivity contribution in [1.29, 1.82) is 0 Å². The van der Waals surface area contributed by atoms with Crippen molar-refractivity contribution < 1.29 is 0 Å². The first kappa shape index (κ1) is 9.78. The highest BCUT2D eigenvalue weighted by molar-refractivity contribution is 7.80. The van der Waals surface area contributed by atoms with Gasteiger partial charge in [-0.05, 0) is 18.6 Å². The van der Waals surface area contributed by atoms with Gasteiger partial charge in [-0.25, -0.2) is 0 Å². The van der Waals surface area contributed by atoms with Gasteiger partial charge in [0.1, 0.15) is 0 Å². The molecule has 0 aliphatic carbocycles. The second-order valence-electron chi connectivity index (χ2n) is 3.40. The van der Waals surface area contributed by atoms with Crippen LogP contribution in [0.2, 0.25) is 0 Å². The Morgan fingerprint density at radius 3 is 2.83 bits per heavy atom. The van der Waals surface area contributed by atoms with Gasteiger partial charge in [-0.15, -0.1) is 0 Å². The molecule has 0 amide bonds. The average molecular weight is 186 g/mol. The summed E-state index contributed by atoms with van der Waals surface area (Å²) < 4.78 is 0. The largest absolute Gasteiger partial charge is 0.361 e. The van der Waals surface area contributed by atoms with E-state index in [0.717, 1.165) is 11.7 Å². The Morgan fingerprint density at radius 2 is 2.25 bits per heavy atom. The second-order valence-corrected chi connectivity index (χ2v) is 3.81. The van der Waals surface area contributed by atoms with Crippen LogP contribution in [-0.2, 0) is 0 Å². The van der Waals surface area contributed by atoms with E-state index in [9.17, 15) is 0 Å². The Morgan fingerprint density at radius 1 is 1.42 bits per heavy atom. The van der Waals surface area contributed by atoms with Crippen LogP contribution < -0.4 is 10.6 Å². The van der Waals surface area contributed by atoms with Crippen LogP contribution in [0.4, 0.5) is 0 Å². The molecule has 0 aromatic heterocycles. The molecule has 0 saturated carbocycles. The van der Waals surface area contributed by atoms with Crippen LogP contribution in [0.3, 0.4) is 0 Å². The van der Waals surface area contributed by atoms with Gasteiger partial charge in [0.2, 0.25) is 0 Å². The predicted molar refractivity (Wildman–Crippen MR) is 56.3 cm³/mol. The van der Waals surface area contributed by atoms with Gasteiger partial charge in [-0.1, -0.05) is 32.6 Å². The van der Waals surface area contributed by atoms with Crippen LogP contribution in [0.1, 0.15) is 39.0 Å². The Bertz CT molecular complexity index is 147. The lowest BCUT2D eigenvalue weighted by atomic mass is 10.1. The van der Waals surface area contributed by atoms with Crippen molar-refractivity contribution in [2.45, 2.75) is 45.1 Å². The normalized spacial score (nSPS) is 22.1. The summed E-state index contributed by atoms with van der Waals surface area (Å²) in [5.74, 6) is 0. The molecule has 0 aromatic carbocycles. The molecule has 0 bridgehead atoms. The molecule has 0 radical (unpaired) electrons. The van der Waals surface area contributed by atoms with Crippen LogP contribution in [0.5, 0.6) is 0 Å². The number of thiocarbonyl (C=S) groups is 1. The summed E-state index contributed by atoms with van der Waals surface area (Å²) in [6, 6.07) is 0.592. The Labute approximate surface area is 80.1 Å². The van der Waals surface area contributed by atoms with E-state index in [-0.39, 0.29) is 0 Å². The molecule has 1 heterocycles. The highest BCUT2D eigenvalue weighted by Crippen LogP contribution is 2.06. The molecule has 1 aliphatic rings. The minimum absolute atomic E-state index is 0.592. The van der Waals surface area contributed by atoms with Crippen LogP contribution in [0.25, 0.3) is 0 Å². The summed E-state index contributed by atoms with van der Waals surface area (Å²) in [6.07, 6.45) is 6.63. The zero-order valence-electron chi connectivity index (χ0n) is 7.73. The van der Waals surface area contributed by atoms with E-state index in [4.69, 9.17) is 12.2 Å². The molecule has 2 nitrogen and oxygen atoms in total. The Kier molecular flexibility index (Phi) is 4.36. The molecule has 1 aliphatic heterocycles. The fraction of sp³-hybridized carbons (Fsp3) is 0.889. The van der Waals surface area contributed by atoms with Crippen molar-refractivity contribution in [3.8, 4) is 0 Å². The summed E-state index contributed by atoms with van der Waals surface area (Å²) in [5.41, 5.74) is 0. The van der Waals surface area contributed by atoms with Gasteiger partial charge in [0.25, 0.3) is 0 Å². The molecule has 0 aromatic rings. The highest BCUT2D eigenvalue weighted by atomic mass is 32.1. The smallest absolute Gasteiger partial charge is 0.166 e. The molecular weight excluding hydrogens is 168 g/mol. The van der Waals surface area contributed by atoms with Gasteiger partial charge in [0, 0.05) is 12.6 Å². The maximum absolute atomic E-state index is 4.98. The first-order valence-corrected chi connectivity index (χ1v) is 5.28. The minimum Gasteiger partial charge on any atom is -0.361 e. The topological polar surface area (TPSA) is 24.1 Å². The maximum Gasteiger partial charge on any atom is 0.166 e. The first-order chi connectivity index (χ1) is 5.83. The van der Waals surface area contributed by atoms with Crippen LogP contribution in [0.15, 0.2) is 0 Å². The van der Waals surface area contributed by atoms with E-state index in [1.807, 2.05) is 0 Å². The number of unbranched alkanes of at least 4 members (excludes halogenated alkanes) is 3. The minimum atomic E-state index is 0.592. The molecule has 2 N–H and O–H groups in total. The summed E-state index contributed by atoms with van der Waals surface area (Å²) in [6.45, 7) is 3.26. The maximum atomic E-state index is 4.98. The lowest BCUT2D eigenvalue weighted by Crippen LogP contribution is -2.26. The summed E-state index contributed by atoms with van der Waals surface area (Å²) >= 11 is 4.98. The molecule has 70 valence electrons. The van der Waals surface area contributed by atoms with Crippen LogP contribution >= 0.6 is 12.2 Å². The summed E-state index contributed by atoms with van der Waals surface area (Å²) in [7, 11) is 0. The molecule has 1 saturated heterocycles. The van der Waals surface area contributed by atoms with Gasteiger partial charge in [0.05, 0.1) is 0 Å². The zero-order valence-corrected chi connectivity index (χ0v) is 8.54. The van der Waals surface area contributed by atoms with Gasteiger partial charge in [-0.2, -0.15) is 0 Å². The number of rotatable bonds is 5. The van der Waals surface area contributed by atoms with E-state index in [1.54, 1.807) is 0 Å². The van der Waals surface area contributed by atoms with Gasteiger partial charge in [-0.3, -0.25) is 0 Å². The quantitative estimate of drug-likeness (QED) is 0.506. The lowest BCUT2D eigenvalue weighted by molar-refractivity contribution is 0.540. The van der Waals surface area contributed by atoms with Gasteiger partial charge >= 0.3 is 0 Å². The van der Waals surface area contributed by atoms with Crippen LogP contribution in [-0.4, -0.2) is 17.7 Å². The molecule has 1 fully saturated rings. The van der Waals surface area contributed by atoms with Crippen molar-refractivity contribution in [2.75, 3.05) is 6.54 Å². The fourth-order valence-electron chi connectivity index (χ4n) is 1.50. The van der Waals surface area contributed by atoms with Crippen molar-refractivity contribution >= 4 is 17.3 Å². The number of hydrogen-bond acceptors (Lipinski definition) is 1. The third-order valence-electron chi connectivity index (χ3n) is 2.25. The van der Waals surface area contributed by atoms with E-state index in [0.29, 0.717) is 6.04 Å². The third-order valence-corrected chi connectivity index (χ3v) is 2.51. The van der Waals surface area contributed by atoms with Gasteiger partial charge in [0.15, 0.2) is 5.11 Å². The Balaban J connectivity index is 1.97. The van der Waals surface area contributed by atoms with Crippen molar-refractivity contribution in [3.63, 3.8) is 0 Å². The third kappa shape index (κ3) is 3.39. The number of hydrogen-bond donors (Lipinski definition) is 2. The predicted octanol–water partition coefficient (Wildman–Crippen LogP) is 1.80. The van der Waals surface area contributed by atoms with E-state index < -0.39 is 0 Å². The average Bonchev–Trinajstić information content (AvgIpc) is 2.45. The summed E-state index contributed by atoms with van der Waals surface area (Å²) in [5, 5.41) is 7.21. The lowest BCUT2D eigenvalue weighted by Gasteiger charge is -2.07. The highest BCUT2D eigenvalue weighted by Gasteiger charge is 2.15. The molecule has 3 heteroatoms. The Hall–Kier alpha value is -0.310. The molecule has 1 atom stereocenters. The monoisotopic (exact) mass is 186 g/mol. The summed E-state index contributed by atoms with van der Waals surface area (Å²) in [4.78, 5) is 0. The number of nitrogens with one attached hydrogen (secondary N) is 2.